The molecule has 4 aromatic heterocycles. The zero-order valence-electron chi connectivity index (χ0n) is 28.7. The summed E-state index contributed by atoms with van der Waals surface area (Å²) in [7, 11) is 0. The molecule has 4 nitrogen and oxygen atoms in total. The molecule has 0 aliphatic heterocycles. The minimum Gasteiger partial charge on any atom is -0.454 e. The first kappa shape index (κ1) is 33.4. The van der Waals surface area contributed by atoms with Crippen molar-refractivity contribution in [1.82, 2.24) is 9.97 Å². The van der Waals surface area contributed by atoms with E-state index in [0.29, 0.717) is 68.4 Å². The molecular formula is C46H22F6N2O2. The highest BCUT2D eigenvalue weighted by molar-refractivity contribution is 6.09. The molecule has 56 heavy (non-hydrogen) atoms. The Labute approximate surface area is 312 Å². The Morgan fingerprint density at radius 3 is 1.07 bits per heavy atom. The second-order valence-electron chi connectivity index (χ2n) is 13.3. The molecule has 10 rings (SSSR count). The van der Waals surface area contributed by atoms with E-state index in [4.69, 9.17) is 8.83 Å². The van der Waals surface area contributed by atoms with Gasteiger partial charge in [-0.3, -0.25) is 9.97 Å². The summed E-state index contributed by atoms with van der Waals surface area (Å²) in [6, 6.07) is 31.6. The van der Waals surface area contributed by atoms with E-state index in [9.17, 15) is 26.3 Å². The van der Waals surface area contributed by atoms with Crippen LogP contribution >= 0.6 is 0 Å². The Morgan fingerprint density at radius 1 is 0.357 bits per heavy atom. The van der Waals surface area contributed by atoms with E-state index < -0.39 is 34.9 Å². The van der Waals surface area contributed by atoms with Gasteiger partial charge in [0.05, 0.1) is 11.1 Å². The van der Waals surface area contributed by atoms with Crippen molar-refractivity contribution in [2.45, 2.75) is 0 Å². The van der Waals surface area contributed by atoms with Gasteiger partial charge in [0.15, 0.2) is 11.2 Å². The topological polar surface area (TPSA) is 52.1 Å². The third-order valence-corrected chi connectivity index (χ3v) is 10.0. The van der Waals surface area contributed by atoms with Crippen LogP contribution in [0.15, 0.2) is 143 Å². The van der Waals surface area contributed by atoms with Gasteiger partial charge in [0.25, 0.3) is 0 Å². The number of benzene rings is 6. The van der Waals surface area contributed by atoms with Gasteiger partial charge in [-0.1, -0.05) is 60.7 Å². The van der Waals surface area contributed by atoms with Crippen LogP contribution in [0.5, 0.6) is 0 Å². The molecule has 0 amide bonds. The van der Waals surface area contributed by atoms with Gasteiger partial charge in [0.1, 0.15) is 57.1 Å². The summed E-state index contributed by atoms with van der Waals surface area (Å²) in [5.41, 5.74) is 8.04. The standard InChI is InChI=1S/C46H22F6N2O2/c47-29-19-35(49)41(36(50)20-29)27-9-11-39-33(17-27)43-45(55-39)31(13-15-53-43)25-5-1-23(2-6-25)24-3-7-26(8-4-24)32-14-16-54-44-34-18-28(10-12-40(34)56-46(32)44)42-37(51)21-30(48)22-38(42)52/h1-22H. The average Bonchev–Trinajstić information content (AvgIpc) is 3.75. The van der Waals surface area contributed by atoms with Crippen LogP contribution in [0.25, 0.3) is 99.8 Å². The lowest BCUT2D eigenvalue weighted by molar-refractivity contribution is 0.547. The van der Waals surface area contributed by atoms with Crippen LogP contribution in [0.2, 0.25) is 0 Å². The van der Waals surface area contributed by atoms with E-state index >= 15 is 0 Å². The third-order valence-electron chi connectivity index (χ3n) is 10.0. The van der Waals surface area contributed by atoms with Gasteiger partial charge in [0.2, 0.25) is 0 Å². The number of hydrogen-bond acceptors (Lipinski definition) is 4. The van der Waals surface area contributed by atoms with Gasteiger partial charge in [-0.2, -0.15) is 0 Å². The highest BCUT2D eigenvalue weighted by Gasteiger charge is 2.20. The molecule has 0 radical (unpaired) electrons. The number of halogens is 6. The molecule has 0 saturated carbocycles. The lowest BCUT2D eigenvalue weighted by atomic mass is 9.97. The molecule has 0 atom stereocenters. The molecule has 0 aliphatic carbocycles. The Kier molecular flexibility index (Phi) is 7.57. The van der Waals surface area contributed by atoms with Gasteiger partial charge >= 0.3 is 0 Å². The van der Waals surface area contributed by atoms with E-state index in [-0.39, 0.29) is 22.3 Å². The third kappa shape index (κ3) is 5.40. The predicted octanol–water partition coefficient (Wildman–Crippen LogP) is 13.4. The van der Waals surface area contributed by atoms with Crippen LogP contribution in [0.4, 0.5) is 26.3 Å². The molecule has 6 aromatic carbocycles. The lowest BCUT2D eigenvalue weighted by Crippen LogP contribution is -1.92. The Bertz CT molecular complexity index is 2940. The highest BCUT2D eigenvalue weighted by Crippen LogP contribution is 2.40. The van der Waals surface area contributed by atoms with Crippen LogP contribution in [-0.2, 0) is 0 Å². The monoisotopic (exact) mass is 748 g/mol. The second kappa shape index (κ2) is 12.7. The number of nitrogens with zero attached hydrogens (tertiary/aromatic N) is 2. The summed E-state index contributed by atoms with van der Waals surface area (Å²) < 4.78 is 97.9. The van der Waals surface area contributed by atoms with Crippen molar-refractivity contribution in [2.75, 3.05) is 0 Å². The zero-order chi connectivity index (χ0) is 38.2. The van der Waals surface area contributed by atoms with Crippen molar-refractivity contribution < 1.29 is 35.2 Å². The van der Waals surface area contributed by atoms with Gasteiger partial charge in [-0.15, -0.1) is 0 Å². The van der Waals surface area contributed by atoms with E-state index in [1.165, 1.54) is 12.1 Å². The maximum Gasteiger partial charge on any atom is 0.161 e. The first-order valence-corrected chi connectivity index (χ1v) is 17.3. The molecule has 0 saturated heterocycles. The maximum absolute atomic E-state index is 14.6. The quantitative estimate of drug-likeness (QED) is 0.165. The minimum atomic E-state index is -1.00. The molecule has 0 bridgehead atoms. The molecule has 10 heteroatoms. The highest BCUT2D eigenvalue weighted by atomic mass is 19.2. The predicted molar refractivity (Wildman–Crippen MR) is 204 cm³/mol. The summed E-state index contributed by atoms with van der Waals surface area (Å²) in [5.74, 6) is -6.00. The van der Waals surface area contributed by atoms with E-state index in [1.54, 1.807) is 36.7 Å². The van der Waals surface area contributed by atoms with Gasteiger partial charge in [-0.05, 0) is 69.8 Å². The Morgan fingerprint density at radius 2 is 0.696 bits per heavy atom. The smallest absolute Gasteiger partial charge is 0.161 e. The fourth-order valence-electron chi connectivity index (χ4n) is 7.40. The van der Waals surface area contributed by atoms with E-state index in [0.717, 1.165) is 33.4 Å². The number of hydrogen-bond donors (Lipinski definition) is 0. The lowest BCUT2D eigenvalue weighted by Gasteiger charge is -2.07. The molecule has 0 N–H and O–H groups in total. The molecule has 10 aromatic rings. The Hall–Kier alpha value is -7.20. The van der Waals surface area contributed by atoms with Crippen molar-refractivity contribution in [2.24, 2.45) is 0 Å². The number of fused-ring (bicyclic) bond motifs is 6. The van der Waals surface area contributed by atoms with Crippen molar-refractivity contribution in [3.8, 4) is 55.6 Å². The van der Waals surface area contributed by atoms with Crippen molar-refractivity contribution >= 4 is 44.1 Å². The number of pyridine rings is 2. The Balaban J connectivity index is 0.953. The summed E-state index contributed by atoms with van der Waals surface area (Å²) in [6.45, 7) is 0. The second-order valence-corrected chi connectivity index (χ2v) is 13.3. The van der Waals surface area contributed by atoms with Crippen LogP contribution in [0.3, 0.4) is 0 Å². The summed E-state index contributed by atoms with van der Waals surface area (Å²) in [5, 5.41) is 1.13. The molecular weight excluding hydrogens is 727 g/mol. The maximum atomic E-state index is 14.6. The molecule has 270 valence electrons. The average molecular weight is 749 g/mol. The van der Waals surface area contributed by atoms with Gasteiger partial charge in [-0.25, -0.2) is 26.3 Å². The van der Waals surface area contributed by atoms with E-state index in [1.807, 2.05) is 60.7 Å². The van der Waals surface area contributed by atoms with Crippen molar-refractivity contribution in [1.29, 1.82) is 0 Å². The zero-order valence-corrected chi connectivity index (χ0v) is 28.7. The number of furan rings is 2. The van der Waals surface area contributed by atoms with Crippen LogP contribution in [0, 0.1) is 34.9 Å². The van der Waals surface area contributed by atoms with Crippen molar-refractivity contribution in [3.05, 3.63) is 169 Å². The normalized spacial score (nSPS) is 11.8. The SMILES string of the molecule is Fc1cc(F)c(-c2ccc3oc4c(-c5ccc(-c6ccc(-c7ccnc8c7oc7ccc(-c9c(F)cc(F)cc9F)cc78)cc6)cc5)ccnc4c3c2)c(F)c1. The number of aromatic nitrogens is 2. The molecule has 0 aliphatic rings. The first-order chi connectivity index (χ1) is 27.2. The fraction of sp³-hybridized carbons (Fsp3) is 0. The van der Waals surface area contributed by atoms with E-state index in [2.05, 4.69) is 9.97 Å². The summed E-state index contributed by atoms with van der Waals surface area (Å²) >= 11 is 0. The molecule has 4 heterocycles. The largest absolute Gasteiger partial charge is 0.454 e. The van der Waals surface area contributed by atoms with Crippen LogP contribution in [-0.4, -0.2) is 9.97 Å². The van der Waals surface area contributed by atoms with Gasteiger partial charge in [0, 0.05) is 58.6 Å². The minimum absolute atomic E-state index is 0.233. The first-order valence-electron chi connectivity index (χ1n) is 17.3. The fourth-order valence-corrected chi connectivity index (χ4v) is 7.40. The van der Waals surface area contributed by atoms with Crippen molar-refractivity contribution in [3.63, 3.8) is 0 Å². The van der Waals surface area contributed by atoms with Gasteiger partial charge < -0.3 is 8.83 Å². The summed E-state index contributed by atoms with van der Waals surface area (Å²) in [4.78, 5) is 9.03. The molecule has 0 unspecified atom stereocenters. The van der Waals surface area contributed by atoms with Crippen LogP contribution in [0.1, 0.15) is 0 Å². The van der Waals surface area contributed by atoms with Crippen LogP contribution < -0.4 is 0 Å². The number of rotatable bonds is 5. The summed E-state index contributed by atoms with van der Waals surface area (Å²) in [6.07, 6.45) is 3.29. The molecule has 0 spiro atoms. The molecule has 0 fully saturated rings.